The normalized spacial score (nSPS) is 10.6. The second-order valence-electron chi connectivity index (χ2n) is 1.21. The van der Waals surface area contributed by atoms with E-state index >= 15 is 0 Å². The summed E-state index contributed by atoms with van der Waals surface area (Å²) in [6, 6.07) is 3.55. The molecule has 0 unspecified atom stereocenters. The summed E-state index contributed by atoms with van der Waals surface area (Å²) in [5, 5.41) is 7.25. The fourth-order valence-corrected chi connectivity index (χ4v) is 0.333. The van der Waals surface area contributed by atoms with Crippen LogP contribution in [-0.2, 0) is 0 Å². The molecule has 0 fully saturated rings. The lowest BCUT2D eigenvalue weighted by molar-refractivity contribution is 0.980. The lowest BCUT2D eigenvalue weighted by atomic mass is 10.4. The molecule has 36 valence electrons. The summed E-state index contributed by atoms with van der Waals surface area (Å²) in [4.78, 5) is 0. The van der Waals surface area contributed by atoms with E-state index in [1.54, 1.807) is 18.3 Å². The molecule has 0 saturated heterocycles. The fourth-order valence-electron chi connectivity index (χ4n) is 0.333. The van der Waals surface area contributed by atoms with E-state index in [9.17, 15) is 0 Å². The number of aromatic nitrogens is 2. The predicted molar refractivity (Wildman–Crippen MR) is 26.8 cm³/mol. The quantitative estimate of drug-likeness (QED) is 0.476. The summed E-state index contributed by atoms with van der Waals surface area (Å²) in [7, 11) is 0. The van der Waals surface area contributed by atoms with Crippen molar-refractivity contribution in [2.24, 2.45) is 0 Å². The first-order valence-corrected chi connectivity index (χ1v) is 1.99. The second kappa shape index (κ2) is 1.69. The molecule has 0 amide bonds. The molecule has 0 aromatic carbocycles. The molecule has 7 heavy (non-hydrogen) atoms. The van der Waals surface area contributed by atoms with E-state index in [1.165, 1.54) is 0 Å². The Kier molecular flexibility index (Phi) is 0.754. The van der Waals surface area contributed by atoms with Gasteiger partial charge in [-0.1, -0.05) is 0 Å². The zero-order chi connectivity index (χ0) is 5.82. The van der Waals surface area contributed by atoms with Crippen LogP contribution in [0.3, 0.4) is 0 Å². The van der Waals surface area contributed by atoms with E-state index in [4.69, 9.17) is 1.37 Å². The summed E-state index contributed by atoms with van der Waals surface area (Å²) >= 11 is 0. The van der Waals surface area contributed by atoms with Crippen LogP contribution in [0.15, 0.2) is 18.3 Å². The number of aryl methyl sites for hydroxylation is 1. The molecule has 0 bridgehead atoms. The Balaban J connectivity index is 2.83. The van der Waals surface area contributed by atoms with E-state index in [1.807, 2.05) is 0 Å². The van der Waals surface area contributed by atoms with Gasteiger partial charge in [0.25, 0.3) is 0 Å². The fraction of sp³-hybridized carbons (Fsp3) is 0.200. The van der Waals surface area contributed by atoms with Crippen LogP contribution >= 0.6 is 0 Å². The number of hydrogen-bond acceptors (Lipinski definition) is 2. The van der Waals surface area contributed by atoms with Crippen molar-refractivity contribution in [1.82, 2.24) is 10.2 Å². The molecule has 1 heterocycles. The highest BCUT2D eigenvalue weighted by Gasteiger charge is 1.74. The molecular formula is C5H6N2. The maximum Gasteiger partial charge on any atom is 0.0600 e. The molecule has 0 aliphatic carbocycles. The predicted octanol–water partition coefficient (Wildman–Crippen LogP) is 0.785. The van der Waals surface area contributed by atoms with E-state index in [-0.39, 0.29) is 6.90 Å². The summed E-state index contributed by atoms with van der Waals surface area (Å²) in [6.45, 7) is 0.216. The summed E-state index contributed by atoms with van der Waals surface area (Å²) < 4.78 is 6.84. The first-order chi connectivity index (χ1) is 3.93. The third-order valence-electron chi connectivity index (χ3n) is 0.628. The monoisotopic (exact) mass is 95.1 g/mol. The molecule has 0 saturated carbocycles. The Morgan fingerprint density at radius 1 is 1.86 bits per heavy atom. The van der Waals surface area contributed by atoms with Crippen molar-refractivity contribution in [3.05, 3.63) is 24.0 Å². The molecule has 2 heteroatoms. The molecule has 0 aliphatic rings. The number of hydrogen-bond donors (Lipinski definition) is 0. The minimum Gasteiger partial charge on any atom is -0.159 e. The maximum atomic E-state index is 6.84. The van der Waals surface area contributed by atoms with Crippen LogP contribution in [-0.4, -0.2) is 10.2 Å². The van der Waals surface area contributed by atoms with Gasteiger partial charge in [0.2, 0.25) is 0 Å². The van der Waals surface area contributed by atoms with Gasteiger partial charge in [0, 0.05) is 7.57 Å². The van der Waals surface area contributed by atoms with Gasteiger partial charge in [0.05, 0.1) is 5.69 Å². The van der Waals surface area contributed by atoms with Crippen molar-refractivity contribution >= 4 is 0 Å². The summed E-state index contributed by atoms with van der Waals surface area (Å²) in [5.41, 5.74) is 0.715. The Hall–Kier alpha value is -0.920. The third kappa shape index (κ3) is 0.961. The van der Waals surface area contributed by atoms with Gasteiger partial charge in [-0.25, -0.2) is 0 Å². The molecule has 0 aliphatic heterocycles. The minimum atomic E-state index is 0.216. The van der Waals surface area contributed by atoms with Gasteiger partial charge in [0.1, 0.15) is 0 Å². The van der Waals surface area contributed by atoms with Crippen molar-refractivity contribution in [3.63, 3.8) is 0 Å². The Bertz CT molecular complexity index is 152. The molecule has 1 rings (SSSR count). The molecule has 1 aromatic rings. The molecule has 0 radical (unpaired) electrons. The van der Waals surface area contributed by atoms with Gasteiger partial charge >= 0.3 is 0 Å². The number of nitrogens with zero attached hydrogens (tertiary/aromatic N) is 2. The first kappa shape index (κ1) is 3.13. The highest BCUT2D eigenvalue weighted by molar-refractivity contribution is 4.94. The van der Waals surface area contributed by atoms with Gasteiger partial charge in [-0.3, -0.25) is 0 Å². The van der Waals surface area contributed by atoms with Crippen molar-refractivity contribution in [3.8, 4) is 0 Å². The van der Waals surface area contributed by atoms with Gasteiger partial charge in [-0.05, 0) is 19.0 Å². The molecule has 0 atom stereocenters. The Morgan fingerprint density at radius 3 is 3.29 bits per heavy atom. The standard InChI is InChI=1S/C5H6N2/c1-5-3-2-4-6-7-5/h2-4H,1H3/i1D. The molecule has 1 aromatic heterocycles. The van der Waals surface area contributed by atoms with Crippen LogP contribution in [0.1, 0.15) is 7.06 Å². The topological polar surface area (TPSA) is 25.8 Å². The largest absolute Gasteiger partial charge is 0.159 e. The molecule has 0 spiro atoms. The van der Waals surface area contributed by atoms with Crippen LogP contribution in [0.2, 0.25) is 0 Å². The van der Waals surface area contributed by atoms with Crippen LogP contribution in [0.5, 0.6) is 0 Å². The van der Waals surface area contributed by atoms with Gasteiger partial charge in [0.15, 0.2) is 0 Å². The average molecular weight is 95.1 g/mol. The second-order valence-corrected chi connectivity index (χ2v) is 1.21. The van der Waals surface area contributed by atoms with E-state index in [2.05, 4.69) is 10.2 Å². The SMILES string of the molecule is [2H]Cc1cccnn1. The molecule has 2 nitrogen and oxygen atoms in total. The highest BCUT2D eigenvalue weighted by atomic mass is 15.1. The lowest BCUT2D eigenvalue weighted by Crippen LogP contribution is -1.79. The van der Waals surface area contributed by atoms with Crippen LogP contribution < -0.4 is 0 Å². The van der Waals surface area contributed by atoms with E-state index in [0.717, 1.165) is 0 Å². The average Bonchev–Trinajstić information content (AvgIpc) is 1.90. The Morgan fingerprint density at radius 2 is 2.86 bits per heavy atom. The minimum absolute atomic E-state index is 0.216. The zero-order valence-corrected chi connectivity index (χ0v) is 3.83. The molecular weight excluding hydrogens is 88.1 g/mol. The molecule has 0 N–H and O–H groups in total. The number of rotatable bonds is 0. The van der Waals surface area contributed by atoms with Crippen LogP contribution in [0.4, 0.5) is 0 Å². The van der Waals surface area contributed by atoms with E-state index in [0.29, 0.717) is 5.69 Å². The van der Waals surface area contributed by atoms with Crippen molar-refractivity contribution < 1.29 is 1.37 Å². The van der Waals surface area contributed by atoms with Crippen molar-refractivity contribution in [1.29, 1.82) is 0 Å². The van der Waals surface area contributed by atoms with Crippen LogP contribution in [0, 0.1) is 6.90 Å². The summed E-state index contributed by atoms with van der Waals surface area (Å²) in [6.07, 6.45) is 1.60. The first-order valence-electron chi connectivity index (χ1n) is 2.70. The third-order valence-corrected chi connectivity index (χ3v) is 0.628. The zero-order valence-electron chi connectivity index (χ0n) is 4.83. The Labute approximate surface area is 43.6 Å². The van der Waals surface area contributed by atoms with Crippen molar-refractivity contribution in [2.75, 3.05) is 0 Å². The maximum absolute atomic E-state index is 6.84. The van der Waals surface area contributed by atoms with Gasteiger partial charge in [-0.15, -0.1) is 0 Å². The van der Waals surface area contributed by atoms with Gasteiger partial charge in [-0.2, -0.15) is 10.2 Å². The van der Waals surface area contributed by atoms with Crippen molar-refractivity contribution in [2.45, 2.75) is 6.90 Å². The lowest BCUT2D eigenvalue weighted by Gasteiger charge is -1.80. The summed E-state index contributed by atoms with van der Waals surface area (Å²) in [5.74, 6) is 0. The van der Waals surface area contributed by atoms with Crippen LogP contribution in [0.25, 0.3) is 0 Å². The van der Waals surface area contributed by atoms with E-state index < -0.39 is 0 Å². The highest BCUT2D eigenvalue weighted by Crippen LogP contribution is 1.82. The van der Waals surface area contributed by atoms with Gasteiger partial charge < -0.3 is 0 Å². The smallest absolute Gasteiger partial charge is 0.0600 e.